The first kappa shape index (κ1) is 14.0. The van der Waals surface area contributed by atoms with Crippen molar-refractivity contribution in [2.45, 2.75) is 13.8 Å². The molecule has 0 heterocycles. The normalized spacial score (nSPS) is 10.8. The molecule has 1 nitrogen and oxygen atoms in total. The molecule has 104 valence electrons. The summed E-state index contributed by atoms with van der Waals surface area (Å²) in [5.41, 5.74) is 3.64. The Bertz CT molecular complexity index is 826. The molecule has 0 spiro atoms. The number of ketones is 1. The number of carbonyl (C=O) groups excluding carboxylic acids is 1. The summed E-state index contributed by atoms with van der Waals surface area (Å²) in [7, 11) is 0. The second-order valence-electron chi connectivity index (χ2n) is 5.32. The number of aryl methyl sites for hydroxylation is 2. The van der Waals surface area contributed by atoms with E-state index in [1.807, 2.05) is 62.4 Å². The number of rotatable bonds is 2. The lowest BCUT2D eigenvalue weighted by molar-refractivity contribution is 0.103. The molecule has 21 heavy (non-hydrogen) atoms. The molecule has 0 aliphatic heterocycles. The minimum atomic E-state index is 0.0689. The molecule has 0 aliphatic rings. The Balaban J connectivity index is 2.08. The van der Waals surface area contributed by atoms with Gasteiger partial charge >= 0.3 is 0 Å². The van der Waals surface area contributed by atoms with E-state index in [0.29, 0.717) is 0 Å². The summed E-state index contributed by atoms with van der Waals surface area (Å²) in [5.74, 6) is 0.0689. The van der Waals surface area contributed by atoms with Crippen LogP contribution >= 0.6 is 15.9 Å². The van der Waals surface area contributed by atoms with Crippen molar-refractivity contribution in [3.8, 4) is 0 Å². The Hall–Kier alpha value is -1.93. The van der Waals surface area contributed by atoms with Crippen LogP contribution < -0.4 is 0 Å². The molecule has 0 bridgehead atoms. The molecule has 3 rings (SSSR count). The van der Waals surface area contributed by atoms with Crippen LogP contribution in [0.3, 0.4) is 0 Å². The van der Waals surface area contributed by atoms with Crippen LogP contribution in [-0.4, -0.2) is 5.78 Å². The van der Waals surface area contributed by atoms with E-state index >= 15 is 0 Å². The lowest BCUT2D eigenvalue weighted by atomic mass is 9.97. The van der Waals surface area contributed by atoms with Crippen LogP contribution in [0.2, 0.25) is 0 Å². The summed E-state index contributed by atoms with van der Waals surface area (Å²) < 4.78 is 1.07. The lowest BCUT2D eigenvalue weighted by Gasteiger charge is -2.08. The summed E-state index contributed by atoms with van der Waals surface area (Å²) in [6.07, 6.45) is 0. The minimum absolute atomic E-state index is 0.0689. The Kier molecular flexibility index (Phi) is 3.64. The van der Waals surface area contributed by atoms with Crippen LogP contribution in [0.4, 0.5) is 0 Å². The van der Waals surface area contributed by atoms with E-state index in [4.69, 9.17) is 0 Å². The zero-order chi connectivity index (χ0) is 15.0. The van der Waals surface area contributed by atoms with Gasteiger partial charge in [-0.1, -0.05) is 52.3 Å². The Morgan fingerprint density at radius 2 is 1.43 bits per heavy atom. The molecule has 0 atom stereocenters. The van der Waals surface area contributed by atoms with Crippen LogP contribution in [0.15, 0.2) is 59.1 Å². The number of hydrogen-bond donors (Lipinski definition) is 0. The highest BCUT2D eigenvalue weighted by Crippen LogP contribution is 2.25. The van der Waals surface area contributed by atoms with E-state index in [0.717, 1.165) is 37.5 Å². The van der Waals surface area contributed by atoms with Gasteiger partial charge in [0.2, 0.25) is 0 Å². The molecule has 3 aromatic rings. The van der Waals surface area contributed by atoms with Crippen molar-refractivity contribution in [1.82, 2.24) is 0 Å². The van der Waals surface area contributed by atoms with Crippen LogP contribution in [0.25, 0.3) is 10.8 Å². The molecule has 0 amide bonds. The van der Waals surface area contributed by atoms with Crippen LogP contribution in [0, 0.1) is 13.8 Å². The van der Waals surface area contributed by atoms with Gasteiger partial charge in [-0.15, -0.1) is 0 Å². The summed E-state index contributed by atoms with van der Waals surface area (Å²) in [5, 5.41) is 2.24. The molecular weight excluding hydrogens is 324 g/mol. The van der Waals surface area contributed by atoms with Gasteiger partial charge in [-0.25, -0.2) is 0 Å². The van der Waals surface area contributed by atoms with Gasteiger partial charge in [-0.05, 0) is 53.9 Å². The molecule has 0 aromatic heterocycles. The predicted molar refractivity (Wildman–Crippen MR) is 91.0 cm³/mol. The van der Waals surface area contributed by atoms with Gasteiger partial charge in [0.25, 0.3) is 0 Å². The van der Waals surface area contributed by atoms with Crippen molar-refractivity contribution >= 4 is 32.5 Å². The third kappa shape index (κ3) is 2.64. The number of halogens is 1. The molecule has 0 radical (unpaired) electrons. The Morgan fingerprint density at radius 1 is 0.810 bits per heavy atom. The number of fused-ring (bicyclic) bond motifs is 1. The van der Waals surface area contributed by atoms with Gasteiger partial charge in [0.15, 0.2) is 5.78 Å². The van der Waals surface area contributed by atoms with Crippen molar-refractivity contribution in [3.63, 3.8) is 0 Å². The molecule has 0 fully saturated rings. The average Bonchev–Trinajstić information content (AvgIpc) is 2.51. The van der Waals surface area contributed by atoms with Gasteiger partial charge in [0, 0.05) is 15.6 Å². The second kappa shape index (κ2) is 5.45. The molecule has 0 aliphatic carbocycles. The van der Waals surface area contributed by atoms with Crippen LogP contribution in [-0.2, 0) is 0 Å². The van der Waals surface area contributed by atoms with Gasteiger partial charge in [-0.3, -0.25) is 4.79 Å². The summed E-state index contributed by atoms with van der Waals surface area (Å²) in [6.45, 7) is 4.02. The largest absolute Gasteiger partial charge is 0.289 e. The molecule has 0 saturated heterocycles. The SMILES string of the molecule is Cc1cc(C(=O)c2ccc3ccccc3c2)cc(C)c1Br. The quantitative estimate of drug-likeness (QED) is 0.568. The third-order valence-electron chi connectivity index (χ3n) is 3.71. The molecule has 0 unspecified atom stereocenters. The van der Waals surface area contributed by atoms with Crippen molar-refractivity contribution in [3.05, 3.63) is 81.3 Å². The molecule has 0 N–H and O–H groups in total. The summed E-state index contributed by atoms with van der Waals surface area (Å²) >= 11 is 3.54. The van der Waals surface area contributed by atoms with Crippen molar-refractivity contribution in [1.29, 1.82) is 0 Å². The van der Waals surface area contributed by atoms with Gasteiger partial charge in [0.05, 0.1) is 0 Å². The molecule has 3 aromatic carbocycles. The van der Waals surface area contributed by atoms with Crippen molar-refractivity contribution in [2.75, 3.05) is 0 Å². The maximum absolute atomic E-state index is 12.7. The zero-order valence-corrected chi connectivity index (χ0v) is 13.6. The van der Waals surface area contributed by atoms with Gasteiger partial charge in [0.1, 0.15) is 0 Å². The van der Waals surface area contributed by atoms with E-state index in [9.17, 15) is 4.79 Å². The van der Waals surface area contributed by atoms with Gasteiger partial charge in [-0.2, -0.15) is 0 Å². The topological polar surface area (TPSA) is 17.1 Å². The highest BCUT2D eigenvalue weighted by molar-refractivity contribution is 9.10. The first-order valence-corrected chi connectivity index (χ1v) is 7.66. The van der Waals surface area contributed by atoms with Crippen molar-refractivity contribution < 1.29 is 4.79 Å². The fourth-order valence-electron chi connectivity index (χ4n) is 2.57. The Morgan fingerprint density at radius 3 is 2.10 bits per heavy atom. The zero-order valence-electron chi connectivity index (χ0n) is 12.0. The molecule has 0 saturated carbocycles. The fraction of sp³-hybridized carbons (Fsp3) is 0.105. The monoisotopic (exact) mass is 338 g/mol. The maximum atomic E-state index is 12.7. The van der Waals surface area contributed by atoms with Gasteiger partial charge < -0.3 is 0 Å². The highest BCUT2D eigenvalue weighted by Gasteiger charge is 2.12. The average molecular weight is 339 g/mol. The first-order chi connectivity index (χ1) is 10.1. The number of hydrogen-bond acceptors (Lipinski definition) is 1. The van der Waals surface area contributed by atoms with Crippen molar-refractivity contribution in [2.24, 2.45) is 0 Å². The standard InChI is InChI=1S/C19H15BrO/c1-12-9-17(10-13(2)18(12)20)19(21)16-8-7-14-5-3-4-6-15(14)11-16/h3-11H,1-2H3. The first-order valence-electron chi connectivity index (χ1n) is 6.86. The van der Waals surface area contributed by atoms with E-state index in [-0.39, 0.29) is 5.78 Å². The van der Waals surface area contributed by atoms with E-state index < -0.39 is 0 Å². The Labute approximate surface area is 132 Å². The third-order valence-corrected chi connectivity index (χ3v) is 4.96. The number of carbonyl (C=O) groups is 1. The van der Waals surface area contributed by atoms with Crippen LogP contribution in [0.5, 0.6) is 0 Å². The summed E-state index contributed by atoms with van der Waals surface area (Å²) in [4.78, 5) is 12.7. The smallest absolute Gasteiger partial charge is 0.193 e. The predicted octanol–water partition coefficient (Wildman–Crippen LogP) is 5.45. The van der Waals surface area contributed by atoms with E-state index in [1.54, 1.807) is 0 Å². The lowest BCUT2D eigenvalue weighted by Crippen LogP contribution is -2.02. The highest BCUT2D eigenvalue weighted by atomic mass is 79.9. The maximum Gasteiger partial charge on any atom is 0.193 e. The molecular formula is C19H15BrO. The molecule has 2 heteroatoms. The fourth-order valence-corrected chi connectivity index (χ4v) is 2.80. The second-order valence-corrected chi connectivity index (χ2v) is 6.11. The van der Waals surface area contributed by atoms with E-state index in [2.05, 4.69) is 22.0 Å². The summed E-state index contributed by atoms with van der Waals surface area (Å²) in [6, 6.07) is 17.8. The van der Waals surface area contributed by atoms with E-state index in [1.165, 1.54) is 0 Å². The van der Waals surface area contributed by atoms with Crippen LogP contribution in [0.1, 0.15) is 27.0 Å². The minimum Gasteiger partial charge on any atom is -0.289 e. The number of benzene rings is 3.